The zero-order valence-electron chi connectivity index (χ0n) is 12.0. The number of carbonyl (C=O) groups excluding carboxylic acids is 1. The molecule has 4 heteroatoms. The normalized spacial score (nSPS) is 37.4. The first-order chi connectivity index (χ1) is 9.27. The molecule has 0 spiro atoms. The average molecular weight is 401 g/mol. The number of benzene rings is 1. The van der Waals surface area contributed by atoms with Gasteiger partial charge in [-0.1, -0.05) is 48.8 Å². The zero-order chi connectivity index (χ0) is 14.8. The third kappa shape index (κ3) is 1.47. The molecule has 0 saturated heterocycles. The van der Waals surface area contributed by atoms with E-state index in [9.17, 15) is 4.79 Å². The van der Waals surface area contributed by atoms with Gasteiger partial charge in [0.05, 0.1) is 11.1 Å². The number of alkyl halides is 1. The van der Waals surface area contributed by atoms with Crippen molar-refractivity contribution in [3.63, 3.8) is 0 Å². The molecule has 0 heterocycles. The lowest BCUT2D eigenvalue weighted by Gasteiger charge is -2.64. The van der Waals surface area contributed by atoms with Crippen molar-refractivity contribution in [1.82, 2.24) is 0 Å². The first-order valence-corrected chi connectivity index (χ1v) is 8.68. The molecule has 3 unspecified atom stereocenters. The quantitative estimate of drug-likeness (QED) is 0.697. The van der Waals surface area contributed by atoms with Crippen LogP contribution in [0, 0.1) is 16.2 Å². The summed E-state index contributed by atoms with van der Waals surface area (Å²) < 4.78 is 0.925. The second-order valence-corrected chi connectivity index (χ2v) is 8.58. The number of hydrogen-bond acceptors (Lipinski definition) is 1. The second kappa shape index (κ2) is 4.33. The third-order valence-electron chi connectivity index (χ3n) is 6.10. The van der Waals surface area contributed by atoms with Gasteiger partial charge in [-0.05, 0) is 51.7 Å². The predicted octanol–water partition coefficient (Wildman–Crippen LogP) is 4.98. The summed E-state index contributed by atoms with van der Waals surface area (Å²) in [7, 11) is 0. The highest BCUT2D eigenvalue weighted by molar-refractivity contribution is 9.10. The highest BCUT2D eigenvalue weighted by Gasteiger charge is 2.80. The monoisotopic (exact) mass is 399 g/mol. The van der Waals surface area contributed by atoms with Crippen LogP contribution >= 0.6 is 31.9 Å². The van der Waals surface area contributed by atoms with Gasteiger partial charge in [-0.3, -0.25) is 4.79 Å². The SMILES string of the molecule is CC12CCC(C(=O)Nc3ccccc3Br)(C1Br)C2(C)C. The fourth-order valence-electron chi connectivity index (χ4n) is 4.25. The Morgan fingerprint density at radius 1 is 1.25 bits per heavy atom. The maximum absolute atomic E-state index is 12.9. The van der Waals surface area contributed by atoms with Crippen LogP contribution in [0.15, 0.2) is 28.7 Å². The lowest BCUT2D eigenvalue weighted by molar-refractivity contribution is -0.156. The van der Waals surface area contributed by atoms with E-state index in [0.29, 0.717) is 0 Å². The number of fused-ring (bicyclic) bond motifs is 1. The summed E-state index contributed by atoms with van der Waals surface area (Å²) in [4.78, 5) is 13.2. The van der Waals surface area contributed by atoms with Crippen LogP contribution in [0.4, 0.5) is 5.69 Å². The molecule has 0 aliphatic heterocycles. The number of rotatable bonds is 2. The van der Waals surface area contributed by atoms with Crippen LogP contribution in [-0.2, 0) is 4.79 Å². The molecule has 0 aromatic heterocycles. The lowest BCUT2D eigenvalue weighted by Crippen LogP contribution is -2.68. The van der Waals surface area contributed by atoms with Gasteiger partial charge >= 0.3 is 0 Å². The van der Waals surface area contributed by atoms with E-state index in [1.807, 2.05) is 24.3 Å². The van der Waals surface area contributed by atoms with E-state index in [1.165, 1.54) is 0 Å². The molecule has 2 bridgehead atoms. The highest BCUT2D eigenvalue weighted by Crippen LogP contribution is 2.79. The zero-order valence-corrected chi connectivity index (χ0v) is 15.1. The minimum atomic E-state index is -0.295. The lowest BCUT2D eigenvalue weighted by atomic mass is 9.43. The van der Waals surface area contributed by atoms with Crippen molar-refractivity contribution in [2.24, 2.45) is 16.2 Å². The molecule has 1 N–H and O–H groups in total. The van der Waals surface area contributed by atoms with Gasteiger partial charge in [0.1, 0.15) is 0 Å². The van der Waals surface area contributed by atoms with E-state index in [4.69, 9.17) is 0 Å². The van der Waals surface area contributed by atoms with Crippen molar-refractivity contribution in [3.8, 4) is 0 Å². The summed E-state index contributed by atoms with van der Waals surface area (Å²) >= 11 is 7.29. The van der Waals surface area contributed by atoms with Crippen molar-refractivity contribution < 1.29 is 4.79 Å². The Labute approximate surface area is 137 Å². The number of amides is 1. The summed E-state index contributed by atoms with van der Waals surface area (Å²) in [5, 5.41) is 3.12. The largest absolute Gasteiger partial charge is 0.325 e. The molecular weight excluding hydrogens is 382 g/mol. The summed E-state index contributed by atoms with van der Waals surface area (Å²) in [6, 6.07) is 7.77. The van der Waals surface area contributed by atoms with Gasteiger partial charge in [-0.15, -0.1) is 0 Å². The Balaban J connectivity index is 1.91. The van der Waals surface area contributed by atoms with Crippen molar-refractivity contribution >= 4 is 43.5 Å². The Kier molecular flexibility index (Phi) is 3.15. The van der Waals surface area contributed by atoms with Gasteiger partial charge in [0.15, 0.2) is 0 Å². The van der Waals surface area contributed by atoms with E-state index < -0.39 is 0 Å². The molecule has 2 nitrogen and oxygen atoms in total. The second-order valence-electron chi connectivity index (χ2n) is 6.81. The molecule has 0 radical (unpaired) electrons. The minimum Gasteiger partial charge on any atom is -0.325 e. The number of halogens is 2. The molecule has 1 amide bonds. The Morgan fingerprint density at radius 3 is 2.40 bits per heavy atom. The summed E-state index contributed by atoms with van der Waals surface area (Å²) in [5.74, 6) is 0.145. The van der Waals surface area contributed by atoms with Crippen LogP contribution in [0.1, 0.15) is 33.6 Å². The average Bonchev–Trinajstić information content (AvgIpc) is 2.80. The summed E-state index contributed by atoms with van der Waals surface area (Å²) in [6.07, 6.45) is 2.07. The Bertz CT molecular complexity index is 586. The Morgan fingerprint density at radius 2 is 1.90 bits per heavy atom. The van der Waals surface area contributed by atoms with E-state index in [2.05, 4.69) is 57.9 Å². The van der Waals surface area contributed by atoms with Crippen LogP contribution in [-0.4, -0.2) is 10.7 Å². The molecule has 3 atom stereocenters. The first-order valence-electron chi connectivity index (χ1n) is 6.97. The number of hydrogen-bond donors (Lipinski definition) is 1. The van der Waals surface area contributed by atoms with Crippen molar-refractivity contribution in [2.45, 2.75) is 38.4 Å². The maximum Gasteiger partial charge on any atom is 0.232 e. The Hall–Kier alpha value is -0.350. The van der Waals surface area contributed by atoms with Crippen LogP contribution in [0.5, 0.6) is 0 Å². The van der Waals surface area contributed by atoms with Gasteiger partial charge in [-0.25, -0.2) is 0 Å². The van der Waals surface area contributed by atoms with Crippen LogP contribution in [0.2, 0.25) is 0 Å². The van der Waals surface area contributed by atoms with Gasteiger partial charge in [-0.2, -0.15) is 0 Å². The van der Waals surface area contributed by atoms with E-state index in [1.54, 1.807) is 0 Å². The van der Waals surface area contributed by atoms with Gasteiger partial charge in [0, 0.05) is 9.30 Å². The standard InChI is InChI=1S/C16H19Br2NO/c1-14(2)15(3)8-9-16(14,12(15)18)13(20)19-11-7-5-4-6-10(11)17/h4-7,12H,8-9H2,1-3H3,(H,19,20). The number of nitrogens with one attached hydrogen (secondary N) is 1. The van der Waals surface area contributed by atoms with Crippen molar-refractivity contribution in [2.75, 3.05) is 5.32 Å². The molecule has 3 aliphatic carbocycles. The van der Waals surface area contributed by atoms with Crippen LogP contribution < -0.4 is 5.32 Å². The molecule has 3 fully saturated rings. The van der Waals surface area contributed by atoms with E-state index >= 15 is 0 Å². The smallest absolute Gasteiger partial charge is 0.232 e. The fraction of sp³-hybridized carbons (Fsp3) is 0.562. The minimum absolute atomic E-state index is 0.0273. The molecule has 3 saturated carbocycles. The molecular formula is C16H19Br2NO. The highest BCUT2D eigenvalue weighted by atomic mass is 79.9. The molecule has 1 aromatic carbocycles. The van der Waals surface area contributed by atoms with Gasteiger partial charge < -0.3 is 5.32 Å². The fourth-order valence-corrected chi connectivity index (χ4v) is 6.45. The summed E-state index contributed by atoms with van der Waals surface area (Å²) in [6.45, 7) is 6.76. The molecule has 4 rings (SSSR count). The predicted molar refractivity (Wildman–Crippen MR) is 89.0 cm³/mol. The number of para-hydroxylation sites is 1. The van der Waals surface area contributed by atoms with Gasteiger partial charge in [0.2, 0.25) is 5.91 Å². The maximum atomic E-state index is 12.9. The third-order valence-corrected chi connectivity index (χ3v) is 8.58. The van der Waals surface area contributed by atoms with Crippen molar-refractivity contribution in [1.29, 1.82) is 0 Å². The topological polar surface area (TPSA) is 29.1 Å². The number of carbonyl (C=O) groups is 1. The number of anilines is 1. The molecule has 108 valence electrons. The van der Waals surface area contributed by atoms with Crippen molar-refractivity contribution in [3.05, 3.63) is 28.7 Å². The molecule has 3 aliphatic rings. The first kappa shape index (κ1) is 14.6. The van der Waals surface area contributed by atoms with Crippen LogP contribution in [0.25, 0.3) is 0 Å². The summed E-state index contributed by atoms with van der Waals surface area (Å²) in [5.41, 5.74) is 0.803. The van der Waals surface area contributed by atoms with E-state index in [-0.39, 0.29) is 27.0 Å². The van der Waals surface area contributed by atoms with Gasteiger partial charge in [0.25, 0.3) is 0 Å². The van der Waals surface area contributed by atoms with E-state index in [0.717, 1.165) is 23.0 Å². The molecule has 20 heavy (non-hydrogen) atoms. The van der Waals surface area contributed by atoms with Crippen LogP contribution in [0.3, 0.4) is 0 Å². The molecule has 1 aromatic rings.